The predicted molar refractivity (Wildman–Crippen MR) is 108 cm³/mol. The van der Waals surface area contributed by atoms with E-state index in [-0.39, 0.29) is 11.9 Å². The molecule has 2 rings (SSSR count). The van der Waals surface area contributed by atoms with Gasteiger partial charge in [-0.05, 0) is 43.9 Å². The number of sulfonamides is 1. The van der Waals surface area contributed by atoms with Gasteiger partial charge in [0.05, 0.1) is 11.8 Å². The Morgan fingerprint density at radius 2 is 1.79 bits per heavy atom. The Morgan fingerprint density at radius 3 is 2.36 bits per heavy atom. The molecule has 0 spiro atoms. The maximum absolute atomic E-state index is 12.6. The van der Waals surface area contributed by atoms with Crippen molar-refractivity contribution in [3.05, 3.63) is 35.4 Å². The first-order chi connectivity index (χ1) is 13.2. The van der Waals surface area contributed by atoms with E-state index in [0.29, 0.717) is 18.5 Å². The number of esters is 1. The highest BCUT2D eigenvalue weighted by Crippen LogP contribution is 2.22. The zero-order valence-electron chi connectivity index (χ0n) is 16.8. The Balaban J connectivity index is 1.86. The van der Waals surface area contributed by atoms with Gasteiger partial charge in [0, 0.05) is 19.6 Å². The van der Waals surface area contributed by atoms with Crippen molar-refractivity contribution < 1.29 is 22.7 Å². The molecule has 1 aliphatic rings. The molecule has 28 heavy (non-hydrogen) atoms. The molecule has 1 N–H and O–H groups in total. The number of likely N-dealkylation sites (N-methyl/N-ethyl adjacent to an activating group) is 1. The molecule has 0 saturated heterocycles. The van der Waals surface area contributed by atoms with E-state index in [1.165, 1.54) is 6.42 Å². The zero-order valence-corrected chi connectivity index (χ0v) is 17.6. The Morgan fingerprint density at radius 1 is 1.18 bits per heavy atom. The quantitative estimate of drug-likeness (QED) is 0.663. The van der Waals surface area contributed by atoms with Crippen LogP contribution in [0.15, 0.2) is 24.3 Å². The van der Waals surface area contributed by atoms with Crippen LogP contribution in [0.4, 0.5) is 0 Å². The van der Waals surface area contributed by atoms with Crippen molar-refractivity contribution in [2.24, 2.45) is 0 Å². The van der Waals surface area contributed by atoms with Crippen LogP contribution in [-0.2, 0) is 26.0 Å². The number of amides is 1. The summed E-state index contributed by atoms with van der Waals surface area (Å²) in [6, 6.07) is 6.98. The van der Waals surface area contributed by atoms with Crippen molar-refractivity contribution >= 4 is 21.9 Å². The van der Waals surface area contributed by atoms with Gasteiger partial charge in [-0.3, -0.25) is 4.79 Å². The normalized spacial score (nSPS) is 16.4. The van der Waals surface area contributed by atoms with Gasteiger partial charge >= 0.3 is 5.97 Å². The van der Waals surface area contributed by atoms with E-state index in [2.05, 4.69) is 4.72 Å². The molecule has 0 heterocycles. The van der Waals surface area contributed by atoms with Crippen LogP contribution in [-0.4, -0.2) is 57.2 Å². The van der Waals surface area contributed by atoms with Crippen LogP contribution >= 0.6 is 0 Å². The van der Waals surface area contributed by atoms with Crippen LogP contribution in [0.3, 0.4) is 0 Å². The van der Waals surface area contributed by atoms with Gasteiger partial charge in [0.25, 0.3) is 5.91 Å². The molecule has 1 fully saturated rings. The van der Waals surface area contributed by atoms with Crippen LogP contribution < -0.4 is 4.72 Å². The summed E-state index contributed by atoms with van der Waals surface area (Å²) in [5, 5.41) is 0. The zero-order chi connectivity index (χ0) is 20.7. The number of carbonyl (C=O) groups is 2. The molecule has 1 aliphatic carbocycles. The minimum Gasteiger partial charge on any atom is -0.449 e. The third-order valence-electron chi connectivity index (χ3n) is 5.07. The van der Waals surface area contributed by atoms with Gasteiger partial charge < -0.3 is 9.64 Å². The van der Waals surface area contributed by atoms with Gasteiger partial charge in [0.15, 0.2) is 6.10 Å². The third kappa shape index (κ3) is 6.91. The van der Waals surface area contributed by atoms with Crippen LogP contribution in [0.2, 0.25) is 0 Å². The fourth-order valence-electron chi connectivity index (χ4n) is 3.40. The summed E-state index contributed by atoms with van der Waals surface area (Å²) < 4.78 is 29.9. The number of rotatable bonds is 8. The average molecular weight is 411 g/mol. The van der Waals surface area contributed by atoms with Crippen molar-refractivity contribution in [2.75, 3.05) is 19.8 Å². The molecule has 0 aliphatic heterocycles. The summed E-state index contributed by atoms with van der Waals surface area (Å²) >= 11 is 0. The van der Waals surface area contributed by atoms with Crippen LogP contribution in [0.5, 0.6) is 0 Å². The predicted octanol–water partition coefficient (Wildman–Crippen LogP) is 2.11. The van der Waals surface area contributed by atoms with Crippen LogP contribution in [0.1, 0.15) is 54.9 Å². The number of ether oxygens (including phenoxy) is 1. The van der Waals surface area contributed by atoms with Gasteiger partial charge in [-0.2, -0.15) is 0 Å². The lowest BCUT2D eigenvalue weighted by atomic mass is 9.94. The maximum Gasteiger partial charge on any atom is 0.338 e. The largest absolute Gasteiger partial charge is 0.449 e. The number of hydrogen-bond acceptors (Lipinski definition) is 5. The molecule has 1 aromatic rings. The first-order valence-electron chi connectivity index (χ1n) is 9.68. The molecule has 1 amide bonds. The van der Waals surface area contributed by atoms with Gasteiger partial charge in [-0.15, -0.1) is 0 Å². The second-order valence-electron chi connectivity index (χ2n) is 7.40. The maximum atomic E-state index is 12.6. The SMILES string of the molecule is C[C@H](OC(=O)c1ccc(CCNS(C)(=O)=O)cc1)C(=O)N(C)C1CCCCC1. The summed E-state index contributed by atoms with van der Waals surface area (Å²) in [5.41, 5.74) is 1.26. The fraction of sp³-hybridized carbons (Fsp3) is 0.600. The van der Waals surface area contributed by atoms with Crippen molar-refractivity contribution in [3.63, 3.8) is 0 Å². The molecule has 1 aromatic carbocycles. The number of nitrogens with one attached hydrogen (secondary N) is 1. The van der Waals surface area contributed by atoms with Crippen molar-refractivity contribution in [1.29, 1.82) is 0 Å². The summed E-state index contributed by atoms with van der Waals surface area (Å²) in [4.78, 5) is 26.6. The van der Waals surface area contributed by atoms with Gasteiger partial charge in [-0.1, -0.05) is 31.4 Å². The molecular weight excluding hydrogens is 380 g/mol. The lowest BCUT2D eigenvalue weighted by Gasteiger charge is -2.32. The van der Waals surface area contributed by atoms with Crippen molar-refractivity contribution in [1.82, 2.24) is 9.62 Å². The summed E-state index contributed by atoms with van der Waals surface area (Å²) in [7, 11) is -1.43. The van der Waals surface area contributed by atoms with Crippen LogP contribution in [0, 0.1) is 0 Å². The van der Waals surface area contributed by atoms with Crippen molar-refractivity contribution in [2.45, 2.75) is 57.6 Å². The first-order valence-corrected chi connectivity index (χ1v) is 11.6. The first kappa shape index (κ1) is 22.4. The number of benzene rings is 1. The molecule has 7 nitrogen and oxygen atoms in total. The minimum atomic E-state index is -3.21. The number of hydrogen-bond donors (Lipinski definition) is 1. The molecule has 156 valence electrons. The Labute approximate surface area is 167 Å². The van der Waals surface area contributed by atoms with E-state index < -0.39 is 22.1 Å². The van der Waals surface area contributed by atoms with E-state index in [1.54, 1.807) is 43.1 Å². The van der Waals surface area contributed by atoms with Crippen LogP contribution in [0.25, 0.3) is 0 Å². The van der Waals surface area contributed by atoms with Gasteiger partial charge in [0.2, 0.25) is 10.0 Å². The van der Waals surface area contributed by atoms with Crippen molar-refractivity contribution in [3.8, 4) is 0 Å². The summed E-state index contributed by atoms with van der Waals surface area (Å²) in [6.45, 7) is 1.90. The summed E-state index contributed by atoms with van der Waals surface area (Å²) in [5.74, 6) is -0.720. The second-order valence-corrected chi connectivity index (χ2v) is 9.23. The highest BCUT2D eigenvalue weighted by atomic mass is 32.2. The lowest BCUT2D eigenvalue weighted by Crippen LogP contribution is -2.44. The Hall–Kier alpha value is -1.93. The standard InChI is InChI=1S/C20H30N2O5S/c1-15(19(23)22(2)18-7-5-4-6-8-18)27-20(24)17-11-9-16(10-12-17)13-14-21-28(3,25)26/h9-12,15,18,21H,4-8,13-14H2,1-3H3/t15-/m0/s1. The van der Waals surface area contributed by atoms with E-state index in [9.17, 15) is 18.0 Å². The highest BCUT2D eigenvalue weighted by Gasteiger charge is 2.27. The van der Waals surface area contributed by atoms with E-state index in [0.717, 1.165) is 37.5 Å². The topological polar surface area (TPSA) is 92.8 Å². The van der Waals surface area contributed by atoms with E-state index >= 15 is 0 Å². The molecule has 1 saturated carbocycles. The highest BCUT2D eigenvalue weighted by molar-refractivity contribution is 7.88. The summed E-state index contributed by atoms with van der Waals surface area (Å²) in [6.07, 6.45) is 6.26. The molecule has 1 atom stereocenters. The third-order valence-corrected chi connectivity index (χ3v) is 5.80. The monoisotopic (exact) mass is 410 g/mol. The smallest absolute Gasteiger partial charge is 0.338 e. The molecule has 0 bridgehead atoms. The molecular formula is C20H30N2O5S. The fourth-order valence-corrected chi connectivity index (χ4v) is 3.88. The van der Waals surface area contributed by atoms with Gasteiger partial charge in [-0.25, -0.2) is 17.9 Å². The van der Waals surface area contributed by atoms with Gasteiger partial charge in [0.1, 0.15) is 0 Å². The molecule has 0 unspecified atom stereocenters. The second kappa shape index (κ2) is 10.0. The number of carbonyl (C=O) groups excluding carboxylic acids is 2. The number of nitrogens with zero attached hydrogens (tertiary/aromatic N) is 1. The Bertz CT molecular complexity index is 770. The molecule has 0 radical (unpaired) electrons. The molecule has 8 heteroatoms. The molecule has 0 aromatic heterocycles. The lowest BCUT2D eigenvalue weighted by molar-refractivity contribution is -0.141. The average Bonchev–Trinajstić information content (AvgIpc) is 2.67. The Kier molecular flexibility index (Phi) is 8.00. The van der Waals surface area contributed by atoms with E-state index in [1.807, 2.05) is 0 Å². The van der Waals surface area contributed by atoms with E-state index in [4.69, 9.17) is 4.74 Å². The minimum absolute atomic E-state index is 0.177.